The second kappa shape index (κ2) is 6.37. The first-order valence-corrected chi connectivity index (χ1v) is 8.26. The maximum atomic E-state index is 5.90. The standard InChI is InChI=1S/C18H27NO2/c1-3-21-17-13-16(18(17)10-4-11-18)19-12-9-14-5-7-15(20-2)8-6-14/h5-8,16-17,19H,3-4,9-13H2,1-2H3. The number of benzene rings is 1. The van der Waals surface area contributed by atoms with Crippen LogP contribution in [-0.2, 0) is 11.2 Å². The van der Waals surface area contributed by atoms with Crippen molar-refractivity contribution in [1.82, 2.24) is 5.32 Å². The van der Waals surface area contributed by atoms with Crippen LogP contribution in [-0.4, -0.2) is 32.4 Å². The van der Waals surface area contributed by atoms with E-state index in [2.05, 4.69) is 24.4 Å². The third kappa shape index (κ3) is 2.82. The smallest absolute Gasteiger partial charge is 0.118 e. The highest BCUT2D eigenvalue weighted by molar-refractivity contribution is 5.27. The minimum Gasteiger partial charge on any atom is -0.497 e. The summed E-state index contributed by atoms with van der Waals surface area (Å²) < 4.78 is 11.1. The Kier molecular flexibility index (Phi) is 4.51. The van der Waals surface area contributed by atoms with Crippen LogP contribution < -0.4 is 10.1 Å². The molecule has 2 fully saturated rings. The molecule has 116 valence electrons. The summed E-state index contributed by atoms with van der Waals surface area (Å²) in [5.41, 5.74) is 1.84. The second-order valence-corrected chi connectivity index (χ2v) is 6.37. The number of nitrogens with one attached hydrogen (secondary N) is 1. The molecule has 0 bridgehead atoms. The lowest BCUT2D eigenvalue weighted by molar-refractivity contribution is -0.172. The summed E-state index contributed by atoms with van der Waals surface area (Å²) in [6.07, 6.45) is 6.84. The molecule has 1 spiro atoms. The Morgan fingerprint density at radius 1 is 1.24 bits per heavy atom. The van der Waals surface area contributed by atoms with Crippen LogP contribution in [0.4, 0.5) is 0 Å². The summed E-state index contributed by atoms with van der Waals surface area (Å²) in [6.45, 7) is 4.01. The van der Waals surface area contributed by atoms with Gasteiger partial charge in [0.15, 0.2) is 0 Å². The summed E-state index contributed by atoms with van der Waals surface area (Å²) >= 11 is 0. The van der Waals surface area contributed by atoms with Crippen molar-refractivity contribution in [3.8, 4) is 5.75 Å². The van der Waals surface area contributed by atoms with Crippen molar-refractivity contribution >= 4 is 0 Å². The van der Waals surface area contributed by atoms with Gasteiger partial charge in [-0.05, 0) is 56.8 Å². The molecule has 1 N–H and O–H groups in total. The molecule has 2 aliphatic rings. The number of hydrogen-bond acceptors (Lipinski definition) is 3. The van der Waals surface area contributed by atoms with Crippen molar-refractivity contribution in [3.63, 3.8) is 0 Å². The van der Waals surface area contributed by atoms with Gasteiger partial charge in [-0.1, -0.05) is 18.6 Å². The molecule has 2 aliphatic carbocycles. The molecular weight excluding hydrogens is 262 g/mol. The van der Waals surface area contributed by atoms with Gasteiger partial charge in [0.05, 0.1) is 13.2 Å². The highest BCUT2D eigenvalue weighted by Crippen LogP contribution is 2.57. The van der Waals surface area contributed by atoms with Crippen molar-refractivity contribution in [3.05, 3.63) is 29.8 Å². The van der Waals surface area contributed by atoms with Gasteiger partial charge in [-0.25, -0.2) is 0 Å². The van der Waals surface area contributed by atoms with Gasteiger partial charge in [-0.2, -0.15) is 0 Å². The molecule has 21 heavy (non-hydrogen) atoms. The Morgan fingerprint density at radius 2 is 2.00 bits per heavy atom. The molecule has 0 aromatic heterocycles. The third-order valence-electron chi connectivity index (χ3n) is 5.40. The number of ether oxygens (including phenoxy) is 2. The Hall–Kier alpha value is -1.06. The van der Waals surface area contributed by atoms with Gasteiger partial charge >= 0.3 is 0 Å². The lowest BCUT2D eigenvalue weighted by Gasteiger charge is -2.61. The first-order valence-electron chi connectivity index (χ1n) is 8.26. The molecule has 0 saturated heterocycles. The van der Waals surface area contributed by atoms with E-state index in [1.807, 2.05) is 12.1 Å². The van der Waals surface area contributed by atoms with E-state index in [9.17, 15) is 0 Å². The third-order valence-corrected chi connectivity index (χ3v) is 5.40. The Labute approximate surface area is 128 Å². The summed E-state index contributed by atoms with van der Waals surface area (Å²) in [6, 6.07) is 9.06. The molecule has 0 radical (unpaired) electrons. The lowest BCUT2D eigenvalue weighted by atomic mass is 9.51. The summed E-state index contributed by atoms with van der Waals surface area (Å²) in [4.78, 5) is 0. The molecule has 0 heterocycles. The lowest BCUT2D eigenvalue weighted by Crippen LogP contribution is -2.67. The molecule has 0 amide bonds. The van der Waals surface area contributed by atoms with Crippen LogP contribution in [0.5, 0.6) is 5.75 Å². The molecule has 3 rings (SSSR count). The van der Waals surface area contributed by atoms with E-state index in [1.54, 1.807) is 7.11 Å². The summed E-state index contributed by atoms with van der Waals surface area (Å²) in [5.74, 6) is 0.929. The zero-order valence-electron chi connectivity index (χ0n) is 13.2. The fourth-order valence-corrected chi connectivity index (χ4v) is 3.91. The molecule has 2 unspecified atom stereocenters. The quantitative estimate of drug-likeness (QED) is 0.836. The number of hydrogen-bond donors (Lipinski definition) is 1. The van der Waals surface area contributed by atoms with E-state index in [0.717, 1.165) is 25.3 Å². The maximum absolute atomic E-state index is 5.90. The van der Waals surface area contributed by atoms with Crippen LogP contribution in [0.2, 0.25) is 0 Å². The van der Waals surface area contributed by atoms with Crippen LogP contribution in [0.3, 0.4) is 0 Å². The predicted octanol–water partition coefficient (Wildman–Crippen LogP) is 3.18. The van der Waals surface area contributed by atoms with Crippen molar-refractivity contribution < 1.29 is 9.47 Å². The SMILES string of the molecule is CCOC1CC(NCCc2ccc(OC)cc2)C12CCC2. The van der Waals surface area contributed by atoms with Crippen LogP contribution in [0.25, 0.3) is 0 Å². The van der Waals surface area contributed by atoms with Crippen molar-refractivity contribution in [2.75, 3.05) is 20.3 Å². The van der Waals surface area contributed by atoms with Gasteiger partial charge in [-0.3, -0.25) is 0 Å². The van der Waals surface area contributed by atoms with Gasteiger partial charge in [0.2, 0.25) is 0 Å². The monoisotopic (exact) mass is 289 g/mol. The fourth-order valence-electron chi connectivity index (χ4n) is 3.91. The van der Waals surface area contributed by atoms with Crippen LogP contribution >= 0.6 is 0 Å². The first kappa shape index (κ1) is 14.9. The molecule has 1 aromatic rings. The van der Waals surface area contributed by atoms with E-state index in [1.165, 1.54) is 31.2 Å². The molecule has 0 aliphatic heterocycles. The van der Waals surface area contributed by atoms with Gasteiger partial charge in [-0.15, -0.1) is 0 Å². The zero-order valence-corrected chi connectivity index (χ0v) is 13.2. The minimum absolute atomic E-state index is 0.468. The number of methoxy groups -OCH3 is 1. The minimum atomic E-state index is 0.468. The van der Waals surface area contributed by atoms with Crippen LogP contribution in [0.1, 0.15) is 38.2 Å². The van der Waals surface area contributed by atoms with E-state index in [4.69, 9.17) is 9.47 Å². The van der Waals surface area contributed by atoms with Crippen molar-refractivity contribution in [1.29, 1.82) is 0 Å². The summed E-state index contributed by atoms with van der Waals surface area (Å²) in [5, 5.41) is 3.77. The maximum Gasteiger partial charge on any atom is 0.118 e. The van der Waals surface area contributed by atoms with E-state index in [0.29, 0.717) is 17.6 Å². The van der Waals surface area contributed by atoms with E-state index in [-0.39, 0.29) is 0 Å². The highest BCUT2D eigenvalue weighted by Gasteiger charge is 2.58. The fraction of sp³-hybridized carbons (Fsp3) is 0.667. The predicted molar refractivity (Wildman–Crippen MR) is 84.8 cm³/mol. The first-order chi connectivity index (χ1) is 10.3. The molecule has 3 nitrogen and oxygen atoms in total. The number of rotatable bonds is 7. The van der Waals surface area contributed by atoms with Gasteiger partial charge in [0.25, 0.3) is 0 Å². The Balaban J connectivity index is 1.45. The molecule has 3 heteroatoms. The largest absolute Gasteiger partial charge is 0.497 e. The normalized spacial score (nSPS) is 26.2. The van der Waals surface area contributed by atoms with Gasteiger partial charge in [0.1, 0.15) is 5.75 Å². The topological polar surface area (TPSA) is 30.5 Å². The second-order valence-electron chi connectivity index (χ2n) is 6.37. The Morgan fingerprint density at radius 3 is 2.57 bits per heavy atom. The van der Waals surface area contributed by atoms with Gasteiger partial charge in [0, 0.05) is 18.1 Å². The molecule has 2 atom stereocenters. The van der Waals surface area contributed by atoms with Crippen molar-refractivity contribution in [2.24, 2.45) is 5.41 Å². The average Bonchev–Trinajstić information content (AvgIpc) is 2.44. The summed E-state index contributed by atoms with van der Waals surface area (Å²) in [7, 11) is 1.71. The van der Waals surface area contributed by atoms with Crippen molar-refractivity contribution in [2.45, 2.75) is 51.2 Å². The average molecular weight is 289 g/mol. The Bertz CT molecular complexity index is 453. The molecular formula is C18H27NO2. The van der Waals surface area contributed by atoms with E-state index >= 15 is 0 Å². The van der Waals surface area contributed by atoms with Crippen LogP contribution in [0.15, 0.2) is 24.3 Å². The molecule has 1 aromatic carbocycles. The zero-order chi connectivity index (χ0) is 14.7. The highest BCUT2D eigenvalue weighted by atomic mass is 16.5. The van der Waals surface area contributed by atoms with Gasteiger partial charge < -0.3 is 14.8 Å². The van der Waals surface area contributed by atoms with E-state index < -0.39 is 0 Å². The molecule has 2 saturated carbocycles. The van der Waals surface area contributed by atoms with Crippen LogP contribution in [0, 0.1) is 5.41 Å².